The molecule has 2 aromatic rings. The van der Waals surface area contributed by atoms with Crippen LogP contribution < -0.4 is 14.8 Å². The Morgan fingerprint density at radius 3 is 2.64 bits per heavy atom. The molecule has 5 nitrogen and oxygen atoms in total. The molecule has 1 heterocycles. The van der Waals surface area contributed by atoms with Crippen LogP contribution in [-0.2, 0) is 0 Å². The maximum Gasteiger partial charge on any atom is 0.270 e. The molecule has 0 fully saturated rings. The van der Waals surface area contributed by atoms with Crippen LogP contribution in [0.2, 0.25) is 0 Å². The summed E-state index contributed by atoms with van der Waals surface area (Å²) in [6.07, 6.45) is 0. The Bertz CT molecular complexity index is 653. The molecule has 2 rings (SSSR count). The Balaban J connectivity index is 2.19. The molecule has 0 bridgehead atoms. The molecular weight excluding hydrogens is 300 g/mol. The third-order valence-electron chi connectivity index (χ3n) is 3.04. The Labute approximate surface area is 134 Å². The number of carbonyl (C=O) groups is 1. The van der Waals surface area contributed by atoms with Crippen molar-refractivity contribution in [3.8, 4) is 22.1 Å². The largest absolute Gasteiger partial charge is 0.493 e. The minimum atomic E-state index is -0.142. The fraction of sp³-hybridized carbons (Fsp3) is 0.375. The van der Waals surface area contributed by atoms with Crippen LogP contribution >= 0.6 is 11.3 Å². The van der Waals surface area contributed by atoms with Crippen LogP contribution in [-0.4, -0.2) is 31.7 Å². The van der Waals surface area contributed by atoms with Crippen LogP contribution in [0, 0.1) is 5.92 Å². The molecule has 1 aromatic carbocycles. The Morgan fingerprint density at radius 1 is 1.27 bits per heavy atom. The molecule has 22 heavy (non-hydrogen) atoms. The number of carbonyl (C=O) groups excluding carboxylic acids is 1. The van der Waals surface area contributed by atoms with E-state index < -0.39 is 0 Å². The standard InChI is InChI=1S/C16H20N2O3S/c1-10(2)8-17-15(19)12-9-22-16(18-12)11-5-6-13(20-3)14(7-11)21-4/h5-7,9-10H,8H2,1-4H3,(H,17,19). The second-order valence-electron chi connectivity index (χ2n) is 5.21. The van der Waals surface area contributed by atoms with Gasteiger partial charge < -0.3 is 14.8 Å². The van der Waals surface area contributed by atoms with Crippen LogP contribution in [0.1, 0.15) is 24.3 Å². The lowest BCUT2D eigenvalue weighted by molar-refractivity contribution is 0.0945. The topological polar surface area (TPSA) is 60.5 Å². The van der Waals surface area contributed by atoms with E-state index in [1.807, 2.05) is 18.2 Å². The number of nitrogens with zero attached hydrogens (tertiary/aromatic N) is 1. The number of nitrogens with one attached hydrogen (secondary N) is 1. The lowest BCUT2D eigenvalue weighted by Gasteiger charge is -2.08. The van der Waals surface area contributed by atoms with E-state index in [0.717, 1.165) is 10.6 Å². The number of rotatable bonds is 6. The van der Waals surface area contributed by atoms with Crippen molar-refractivity contribution in [2.45, 2.75) is 13.8 Å². The van der Waals surface area contributed by atoms with Gasteiger partial charge in [0.25, 0.3) is 5.91 Å². The Kier molecular flexibility index (Phi) is 5.38. The summed E-state index contributed by atoms with van der Waals surface area (Å²) >= 11 is 1.43. The zero-order valence-electron chi connectivity index (χ0n) is 13.2. The fourth-order valence-electron chi connectivity index (χ4n) is 1.87. The van der Waals surface area contributed by atoms with E-state index in [9.17, 15) is 4.79 Å². The quantitative estimate of drug-likeness (QED) is 0.888. The predicted molar refractivity (Wildman–Crippen MR) is 87.8 cm³/mol. The molecule has 0 aliphatic heterocycles. The van der Waals surface area contributed by atoms with Gasteiger partial charge in [-0.2, -0.15) is 0 Å². The first-order valence-electron chi connectivity index (χ1n) is 7.01. The maximum atomic E-state index is 12.0. The highest BCUT2D eigenvalue weighted by Crippen LogP contribution is 2.33. The average Bonchev–Trinajstić information content (AvgIpc) is 3.01. The summed E-state index contributed by atoms with van der Waals surface area (Å²) in [5, 5.41) is 5.40. The molecule has 0 spiro atoms. The third-order valence-corrected chi connectivity index (χ3v) is 3.93. The summed E-state index contributed by atoms with van der Waals surface area (Å²) in [5.41, 5.74) is 1.33. The minimum Gasteiger partial charge on any atom is -0.493 e. The van der Waals surface area contributed by atoms with Gasteiger partial charge in [-0.3, -0.25) is 4.79 Å². The first-order chi connectivity index (χ1) is 10.5. The molecule has 0 saturated heterocycles. The highest BCUT2D eigenvalue weighted by molar-refractivity contribution is 7.13. The van der Waals surface area contributed by atoms with E-state index >= 15 is 0 Å². The summed E-state index contributed by atoms with van der Waals surface area (Å²) in [5.74, 6) is 1.57. The van der Waals surface area contributed by atoms with Crippen molar-refractivity contribution in [2.75, 3.05) is 20.8 Å². The molecule has 1 aromatic heterocycles. The lowest BCUT2D eigenvalue weighted by atomic mass is 10.2. The highest BCUT2D eigenvalue weighted by atomic mass is 32.1. The summed E-state index contributed by atoms with van der Waals surface area (Å²) in [4.78, 5) is 16.4. The molecule has 1 amide bonds. The second kappa shape index (κ2) is 7.26. The zero-order valence-corrected chi connectivity index (χ0v) is 14.0. The molecule has 0 radical (unpaired) electrons. The van der Waals surface area contributed by atoms with Gasteiger partial charge in [0.05, 0.1) is 14.2 Å². The second-order valence-corrected chi connectivity index (χ2v) is 6.07. The maximum absolute atomic E-state index is 12.0. The van der Waals surface area contributed by atoms with Gasteiger partial charge in [-0.05, 0) is 24.1 Å². The van der Waals surface area contributed by atoms with E-state index in [1.165, 1.54) is 11.3 Å². The summed E-state index contributed by atoms with van der Waals surface area (Å²) in [6.45, 7) is 4.74. The van der Waals surface area contributed by atoms with E-state index in [2.05, 4.69) is 24.1 Å². The first-order valence-corrected chi connectivity index (χ1v) is 7.89. The van der Waals surface area contributed by atoms with Crippen LogP contribution in [0.4, 0.5) is 0 Å². The number of benzene rings is 1. The van der Waals surface area contributed by atoms with Crippen molar-refractivity contribution in [1.29, 1.82) is 0 Å². The van der Waals surface area contributed by atoms with Crippen molar-refractivity contribution < 1.29 is 14.3 Å². The van der Waals surface area contributed by atoms with Crippen molar-refractivity contribution >= 4 is 17.2 Å². The molecule has 1 N–H and O–H groups in total. The number of hydrogen-bond acceptors (Lipinski definition) is 5. The van der Waals surface area contributed by atoms with Gasteiger partial charge in [-0.1, -0.05) is 13.8 Å². The average molecular weight is 320 g/mol. The van der Waals surface area contributed by atoms with Crippen molar-refractivity contribution in [3.05, 3.63) is 29.3 Å². The van der Waals surface area contributed by atoms with Crippen LogP contribution in [0.3, 0.4) is 0 Å². The fourth-order valence-corrected chi connectivity index (χ4v) is 2.66. The Morgan fingerprint density at radius 2 is 2.00 bits per heavy atom. The number of thiazole rings is 1. The van der Waals surface area contributed by atoms with E-state index in [-0.39, 0.29) is 5.91 Å². The molecule has 0 saturated carbocycles. The molecule has 0 aliphatic rings. The van der Waals surface area contributed by atoms with Crippen molar-refractivity contribution in [2.24, 2.45) is 5.92 Å². The van der Waals surface area contributed by atoms with Gasteiger partial charge >= 0.3 is 0 Å². The summed E-state index contributed by atoms with van der Waals surface area (Å²) in [6, 6.07) is 5.58. The van der Waals surface area contributed by atoms with Crippen LogP contribution in [0.25, 0.3) is 10.6 Å². The normalized spacial score (nSPS) is 10.6. The molecule has 0 aliphatic carbocycles. The molecule has 118 valence electrons. The summed E-state index contributed by atoms with van der Waals surface area (Å²) in [7, 11) is 3.19. The third kappa shape index (κ3) is 3.76. The number of amides is 1. The zero-order chi connectivity index (χ0) is 16.1. The molecule has 0 atom stereocenters. The monoisotopic (exact) mass is 320 g/mol. The number of hydrogen-bond donors (Lipinski definition) is 1. The molecule has 0 unspecified atom stereocenters. The number of methoxy groups -OCH3 is 2. The predicted octanol–water partition coefficient (Wildman–Crippen LogP) is 3.21. The highest BCUT2D eigenvalue weighted by Gasteiger charge is 2.13. The van der Waals surface area contributed by atoms with Gasteiger partial charge in [0.1, 0.15) is 10.7 Å². The number of aromatic nitrogens is 1. The van der Waals surface area contributed by atoms with Gasteiger partial charge in [0, 0.05) is 17.5 Å². The molecule has 6 heteroatoms. The van der Waals surface area contributed by atoms with Gasteiger partial charge in [-0.15, -0.1) is 11.3 Å². The van der Waals surface area contributed by atoms with Gasteiger partial charge in [0.15, 0.2) is 11.5 Å². The van der Waals surface area contributed by atoms with Crippen molar-refractivity contribution in [3.63, 3.8) is 0 Å². The lowest BCUT2D eigenvalue weighted by Crippen LogP contribution is -2.27. The summed E-state index contributed by atoms with van der Waals surface area (Å²) < 4.78 is 10.5. The van der Waals surface area contributed by atoms with Crippen LogP contribution in [0.5, 0.6) is 11.5 Å². The van der Waals surface area contributed by atoms with Crippen LogP contribution in [0.15, 0.2) is 23.6 Å². The van der Waals surface area contributed by atoms with E-state index in [4.69, 9.17) is 9.47 Å². The van der Waals surface area contributed by atoms with Gasteiger partial charge in [0.2, 0.25) is 0 Å². The van der Waals surface area contributed by atoms with E-state index in [1.54, 1.807) is 19.6 Å². The first kappa shape index (κ1) is 16.3. The smallest absolute Gasteiger partial charge is 0.270 e. The van der Waals surface area contributed by atoms with Crippen molar-refractivity contribution in [1.82, 2.24) is 10.3 Å². The Hall–Kier alpha value is -2.08. The van der Waals surface area contributed by atoms with Gasteiger partial charge in [-0.25, -0.2) is 4.98 Å². The number of ether oxygens (including phenoxy) is 2. The SMILES string of the molecule is COc1ccc(-c2nc(C(=O)NCC(C)C)cs2)cc1OC. The van der Waals surface area contributed by atoms with E-state index in [0.29, 0.717) is 29.7 Å². The molecular formula is C16H20N2O3S. The minimum absolute atomic E-state index is 0.142.